The number of nitrogens with one attached hydrogen (secondary N) is 1. The molecule has 16 heavy (non-hydrogen) atoms. The molecule has 0 aromatic heterocycles. The molecule has 1 saturated carbocycles. The Kier molecular flexibility index (Phi) is 1.79. The fourth-order valence-electron chi connectivity index (χ4n) is 4.37. The summed E-state index contributed by atoms with van der Waals surface area (Å²) in [6.07, 6.45) is 15.4. The van der Waals surface area contributed by atoms with Crippen LogP contribution in [0.15, 0.2) is 34.9 Å². The van der Waals surface area contributed by atoms with E-state index in [1.165, 1.54) is 38.5 Å². The molecular formula is C15H19N. The van der Waals surface area contributed by atoms with Crippen molar-refractivity contribution in [3.05, 3.63) is 34.9 Å². The maximum Gasteiger partial charge on any atom is 0.0472 e. The summed E-state index contributed by atoms with van der Waals surface area (Å²) in [4.78, 5) is 0. The second-order valence-corrected chi connectivity index (χ2v) is 5.71. The van der Waals surface area contributed by atoms with Gasteiger partial charge < -0.3 is 5.32 Å². The molecule has 1 fully saturated rings. The van der Waals surface area contributed by atoms with Crippen LogP contribution >= 0.6 is 0 Å². The molecule has 0 spiro atoms. The van der Waals surface area contributed by atoms with Crippen LogP contribution in [0.2, 0.25) is 0 Å². The van der Waals surface area contributed by atoms with Gasteiger partial charge >= 0.3 is 0 Å². The van der Waals surface area contributed by atoms with Crippen LogP contribution in [-0.4, -0.2) is 12.1 Å². The van der Waals surface area contributed by atoms with Crippen molar-refractivity contribution in [3.8, 4) is 0 Å². The molecule has 0 aromatic rings. The van der Waals surface area contributed by atoms with E-state index in [1.807, 2.05) is 0 Å². The Hall–Kier alpha value is -0.820. The average Bonchev–Trinajstić information content (AvgIpc) is 2.63. The van der Waals surface area contributed by atoms with E-state index in [-0.39, 0.29) is 0 Å². The van der Waals surface area contributed by atoms with Gasteiger partial charge in [0.15, 0.2) is 0 Å². The Balaban J connectivity index is 1.89. The Morgan fingerprint density at radius 3 is 3.31 bits per heavy atom. The van der Waals surface area contributed by atoms with E-state index in [0.717, 1.165) is 12.5 Å². The third-order valence-electron chi connectivity index (χ3n) is 5.04. The SMILES string of the molecule is C1=CC2=CC3=C4CCCCC4(NC3)C2CC1. The first-order valence-corrected chi connectivity index (χ1v) is 6.76. The fourth-order valence-corrected chi connectivity index (χ4v) is 4.37. The van der Waals surface area contributed by atoms with Gasteiger partial charge in [-0.3, -0.25) is 0 Å². The van der Waals surface area contributed by atoms with Gasteiger partial charge in [0, 0.05) is 18.0 Å². The van der Waals surface area contributed by atoms with Gasteiger partial charge in [-0.2, -0.15) is 0 Å². The molecule has 0 saturated heterocycles. The van der Waals surface area contributed by atoms with Gasteiger partial charge in [-0.05, 0) is 48.8 Å². The summed E-state index contributed by atoms with van der Waals surface area (Å²) in [7, 11) is 0. The molecule has 1 aliphatic heterocycles. The zero-order chi connectivity index (χ0) is 10.6. The highest BCUT2D eigenvalue weighted by Gasteiger charge is 2.50. The van der Waals surface area contributed by atoms with Crippen LogP contribution in [0, 0.1) is 5.92 Å². The summed E-state index contributed by atoms with van der Waals surface area (Å²) >= 11 is 0. The summed E-state index contributed by atoms with van der Waals surface area (Å²) in [6.45, 7) is 1.13. The lowest BCUT2D eigenvalue weighted by Crippen LogP contribution is -2.51. The molecule has 2 unspecified atom stereocenters. The number of fused-ring (bicyclic) bond motifs is 1. The standard InChI is InChI=1S/C15H19N/c1-2-6-13-11(5-1)9-12-10-16-15(13)8-4-3-7-14(12)15/h1,5,9,13,16H,2-4,6-8,10H2. The van der Waals surface area contributed by atoms with Crippen molar-refractivity contribution in [2.75, 3.05) is 6.54 Å². The van der Waals surface area contributed by atoms with Crippen molar-refractivity contribution >= 4 is 0 Å². The summed E-state index contributed by atoms with van der Waals surface area (Å²) in [5.74, 6) is 0.777. The minimum atomic E-state index is 0.391. The van der Waals surface area contributed by atoms with Crippen LogP contribution in [0.5, 0.6) is 0 Å². The van der Waals surface area contributed by atoms with E-state index in [0.29, 0.717) is 5.54 Å². The molecule has 2 bridgehead atoms. The van der Waals surface area contributed by atoms with Crippen LogP contribution in [-0.2, 0) is 0 Å². The number of hydrogen-bond donors (Lipinski definition) is 1. The molecule has 3 aliphatic carbocycles. The quantitative estimate of drug-likeness (QED) is 0.652. The molecular weight excluding hydrogens is 194 g/mol. The molecule has 0 radical (unpaired) electrons. The van der Waals surface area contributed by atoms with E-state index >= 15 is 0 Å². The molecule has 0 aromatic carbocycles. The van der Waals surface area contributed by atoms with E-state index in [9.17, 15) is 0 Å². The van der Waals surface area contributed by atoms with Gasteiger partial charge in [0.05, 0.1) is 0 Å². The van der Waals surface area contributed by atoms with Gasteiger partial charge in [0.2, 0.25) is 0 Å². The zero-order valence-electron chi connectivity index (χ0n) is 9.76. The second kappa shape index (κ2) is 3.10. The second-order valence-electron chi connectivity index (χ2n) is 5.71. The van der Waals surface area contributed by atoms with Crippen molar-refractivity contribution in [3.63, 3.8) is 0 Å². The summed E-state index contributed by atoms with van der Waals surface area (Å²) in [5.41, 5.74) is 5.40. The lowest BCUT2D eigenvalue weighted by atomic mass is 9.62. The van der Waals surface area contributed by atoms with Gasteiger partial charge in [-0.25, -0.2) is 0 Å². The third kappa shape index (κ3) is 1.00. The smallest absolute Gasteiger partial charge is 0.0472 e. The number of hydrogen-bond acceptors (Lipinski definition) is 1. The summed E-state index contributed by atoms with van der Waals surface area (Å²) in [5, 5.41) is 3.87. The number of rotatable bonds is 0. The van der Waals surface area contributed by atoms with Crippen LogP contribution in [0.4, 0.5) is 0 Å². The molecule has 2 atom stereocenters. The molecule has 4 aliphatic rings. The zero-order valence-corrected chi connectivity index (χ0v) is 9.76. The normalized spacial score (nSPS) is 40.5. The first-order chi connectivity index (χ1) is 7.90. The Labute approximate surface area is 97.3 Å². The average molecular weight is 213 g/mol. The Bertz CT molecular complexity index is 427. The molecule has 1 heterocycles. The highest BCUT2D eigenvalue weighted by Crippen LogP contribution is 2.52. The summed E-state index contributed by atoms with van der Waals surface area (Å²) < 4.78 is 0. The maximum atomic E-state index is 3.87. The predicted molar refractivity (Wildman–Crippen MR) is 66.2 cm³/mol. The first kappa shape index (κ1) is 9.23. The van der Waals surface area contributed by atoms with Gasteiger partial charge in [0.1, 0.15) is 0 Å². The van der Waals surface area contributed by atoms with Gasteiger partial charge in [0.25, 0.3) is 0 Å². The Morgan fingerprint density at radius 1 is 1.31 bits per heavy atom. The Morgan fingerprint density at radius 2 is 2.31 bits per heavy atom. The van der Waals surface area contributed by atoms with Crippen molar-refractivity contribution in [2.24, 2.45) is 5.92 Å². The monoisotopic (exact) mass is 213 g/mol. The van der Waals surface area contributed by atoms with Crippen LogP contribution < -0.4 is 5.32 Å². The van der Waals surface area contributed by atoms with E-state index in [2.05, 4.69) is 23.5 Å². The minimum absolute atomic E-state index is 0.391. The molecule has 84 valence electrons. The predicted octanol–water partition coefficient (Wildman–Crippen LogP) is 3.11. The topological polar surface area (TPSA) is 12.0 Å². The molecule has 4 rings (SSSR count). The van der Waals surface area contributed by atoms with Crippen molar-refractivity contribution in [1.29, 1.82) is 0 Å². The summed E-state index contributed by atoms with van der Waals surface area (Å²) in [6, 6.07) is 0. The van der Waals surface area contributed by atoms with Crippen LogP contribution in [0.1, 0.15) is 38.5 Å². The third-order valence-corrected chi connectivity index (χ3v) is 5.04. The van der Waals surface area contributed by atoms with Crippen LogP contribution in [0.3, 0.4) is 0 Å². The lowest BCUT2D eigenvalue weighted by Gasteiger charge is -2.46. The largest absolute Gasteiger partial charge is 0.303 e. The van der Waals surface area contributed by atoms with Crippen molar-refractivity contribution in [1.82, 2.24) is 5.32 Å². The highest BCUT2D eigenvalue weighted by atomic mass is 15.0. The molecule has 0 amide bonds. The van der Waals surface area contributed by atoms with Crippen molar-refractivity contribution < 1.29 is 0 Å². The first-order valence-electron chi connectivity index (χ1n) is 6.76. The van der Waals surface area contributed by atoms with E-state index in [1.54, 1.807) is 16.7 Å². The minimum Gasteiger partial charge on any atom is -0.303 e. The van der Waals surface area contributed by atoms with Gasteiger partial charge in [-0.15, -0.1) is 0 Å². The lowest BCUT2D eigenvalue weighted by molar-refractivity contribution is 0.242. The van der Waals surface area contributed by atoms with Crippen LogP contribution in [0.25, 0.3) is 0 Å². The number of allylic oxidation sites excluding steroid dienone is 2. The fraction of sp³-hybridized carbons (Fsp3) is 0.600. The molecule has 1 nitrogen and oxygen atoms in total. The maximum absolute atomic E-state index is 3.87. The van der Waals surface area contributed by atoms with Gasteiger partial charge in [-0.1, -0.05) is 24.6 Å². The van der Waals surface area contributed by atoms with E-state index < -0.39 is 0 Å². The van der Waals surface area contributed by atoms with Crippen molar-refractivity contribution in [2.45, 2.75) is 44.1 Å². The molecule has 1 heteroatoms. The molecule has 1 N–H and O–H groups in total. The van der Waals surface area contributed by atoms with E-state index in [4.69, 9.17) is 0 Å². The highest BCUT2D eigenvalue weighted by molar-refractivity contribution is 5.53.